The molecule has 0 heterocycles. The van der Waals surface area contributed by atoms with Gasteiger partial charge in [0.25, 0.3) is 0 Å². The molecule has 0 aromatic heterocycles. The minimum atomic E-state index is -3.47. The number of carbonyl (C=O) groups is 1. The van der Waals surface area contributed by atoms with E-state index in [9.17, 15) is 13.2 Å². The third-order valence-corrected chi connectivity index (χ3v) is 4.35. The van der Waals surface area contributed by atoms with Gasteiger partial charge in [0, 0.05) is 20.0 Å². The van der Waals surface area contributed by atoms with Crippen molar-refractivity contribution in [2.75, 3.05) is 13.1 Å². The summed E-state index contributed by atoms with van der Waals surface area (Å²) in [5, 5.41) is 2.62. The van der Waals surface area contributed by atoms with Crippen LogP contribution in [-0.2, 0) is 14.8 Å². The highest BCUT2D eigenvalue weighted by molar-refractivity contribution is 7.89. The maximum Gasteiger partial charge on any atom is 0.240 e. The lowest BCUT2D eigenvalue weighted by atomic mass is 10.0. The Kier molecular flexibility index (Phi) is 6.16. The Balaban J connectivity index is 2.53. The van der Waals surface area contributed by atoms with E-state index >= 15 is 0 Å². The largest absolute Gasteiger partial charge is 0.356 e. The van der Waals surface area contributed by atoms with Crippen molar-refractivity contribution in [1.82, 2.24) is 10.0 Å². The van der Waals surface area contributed by atoms with Gasteiger partial charge in [0.15, 0.2) is 0 Å². The van der Waals surface area contributed by atoms with E-state index in [0.29, 0.717) is 25.4 Å². The standard InChI is InChI=1S/C14H22N2O3S/c1-11(2)13-5-7-14(8-6-13)20(18,19)16-10-4-9-15-12(3)17/h5-8,11,16H,4,9-10H2,1-3H3,(H,15,17). The molecule has 0 unspecified atom stereocenters. The Morgan fingerprint density at radius 3 is 2.25 bits per heavy atom. The first kappa shape index (κ1) is 16.7. The van der Waals surface area contributed by atoms with Crippen LogP contribution in [0.5, 0.6) is 0 Å². The molecule has 0 aliphatic heterocycles. The zero-order chi connectivity index (χ0) is 15.2. The highest BCUT2D eigenvalue weighted by atomic mass is 32.2. The fraction of sp³-hybridized carbons (Fsp3) is 0.500. The van der Waals surface area contributed by atoms with Crippen LogP contribution in [0.1, 0.15) is 38.7 Å². The van der Waals surface area contributed by atoms with Crippen LogP contribution in [0, 0.1) is 0 Å². The highest BCUT2D eigenvalue weighted by Gasteiger charge is 2.13. The minimum absolute atomic E-state index is 0.114. The van der Waals surface area contributed by atoms with Crippen molar-refractivity contribution < 1.29 is 13.2 Å². The van der Waals surface area contributed by atoms with E-state index in [1.165, 1.54) is 6.92 Å². The minimum Gasteiger partial charge on any atom is -0.356 e. The van der Waals surface area contributed by atoms with Crippen LogP contribution >= 0.6 is 0 Å². The van der Waals surface area contributed by atoms with Crippen molar-refractivity contribution in [2.45, 2.75) is 38.0 Å². The zero-order valence-corrected chi connectivity index (χ0v) is 13.0. The summed E-state index contributed by atoms with van der Waals surface area (Å²) in [6.45, 7) is 6.31. The molecule has 0 bridgehead atoms. The van der Waals surface area contributed by atoms with Crippen molar-refractivity contribution in [2.24, 2.45) is 0 Å². The van der Waals surface area contributed by atoms with Gasteiger partial charge in [0.1, 0.15) is 0 Å². The molecule has 0 aliphatic carbocycles. The van der Waals surface area contributed by atoms with Gasteiger partial charge in [-0.25, -0.2) is 13.1 Å². The summed E-state index contributed by atoms with van der Waals surface area (Å²) in [5.41, 5.74) is 1.11. The molecule has 0 atom stereocenters. The lowest BCUT2D eigenvalue weighted by Gasteiger charge is -2.09. The fourth-order valence-corrected chi connectivity index (χ4v) is 2.75. The topological polar surface area (TPSA) is 75.3 Å². The summed E-state index contributed by atoms with van der Waals surface area (Å²) in [7, 11) is -3.47. The molecule has 1 aromatic rings. The molecule has 6 heteroatoms. The van der Waals surface area contributed by atoms with Crippen LogP contribution in [0.25, 0.3) is 0 Å². The van der Waals surface area contributed by atoms with Crippen molar-refractivity contribution in [3.8, 4) is 0 Å². The van der Waals surface area contributed by atoms with Crippen LogP contribution in [0.2, 0.25) is 0 Å². The molecular formula is C14H22N2O3S. The molecule has 0 radical (unpaired) electrons. The Labute approximate surface area is 120 Å². The Morgan fingerprint density at radius 1 is 1.15 bits per heavy atom. The van der Waals surface area contributed by atoms with E-state index in [2.05, 4.69) is 23.9 Å². The zero-order valence-electron chi connectivity index (χ0n) is 12.1. The molecular weight excluding hydrogens is 276 g/mol. The average molecular weight is 298 g/mol. The average Bonchev–Trinajstić information content (AvgIpc) is 2.38. The first-order chi connectivity index (χ1) is 9.33. The smallest absolute Gasteiger partial charge is 0.240 e. The van der Waals surface area contributed by atoms with E-state index in [1.807, 2.05) is 12.1 Å². The molecule has 1 rings (SSSR count). The Bertz CT molecular complexity index is 536. The van der Waals surface area contributed by atoms with Crippen molar-refractivity contribution in [3.05, 3.63) is 29.8 Å². The second-order valence-electron chi connectivity index (χ2n) is 4.96. The molecule has 5 nitrogen and oxygen atoms in total. The van der Waals surface area contributed by atoms with Gasteiger partial charge in [-0.05, 0) is 30.0 Å². The lowest BCUT2D eigenvalue weighted by Crippen LogP contribution is -2.28. The second-order valence-corrected chi connectivity index (χ2v) is 6.72. The molecule has 1 aromatic carbocycles. The van der Waals surface area contributed by atoms with Crippen LogP contribution < -0.4 is 10.0 Å². The van der Waals surface area contributed by atoms with Crippen LogP contribution in [0.15, 0.2) is 29.2 Å². The second kappa shape index (κ2) is 7.40. The Morgan fingerprint density at radius 2 is 1.75 bits per heavy atom. The van der Waals surface area contributed by atoms with Gasteiger partial charge in [-0.1, -0.05) is 26.0 Å². The molecule has 20 heavy (non-hydrogen) atoms. The normalized spacial score (nSPS) is 11.6. The summed E-state index contributed by atoms with van der Waals surface area (Å²) < 4.78 is 26.5. The number of hydrogen-bond acceptors (Lipinski definition) is 3. The molecule has 112 valence electrons. The maximum absolute atomic E-state index is 12.0. The summed E-state index contributed by atoms with van der Waals surface area (Å²) >= 11 is 0. The van der Waals surface area contributed by atoms with E-state index < -0.39 is 10.0 Å². The third-order valence-electron chi connectivity index (χ3n) is 2.88. The van der Waals surface area contributed by atoms with E-state index in [4.69, 9.17) is 0 Å². The summed E-state index contributed by atoms with van der Waals surface area (Å²) in [5.74, 6) is 0.259. The van der Waals surface area contributed by atoms with Crippen LogP contribution in [0.4, 0.5) is 0 Å². The molecule has 0 saturated carbocycles. The summed E-state index contributed by atoms with van der Waals surface area (Å²) in [6.07, 6.45) is 0.558. The number of carbonyl (C=O) groups excluding carboxylic acids is 1. The van der Waals surface area contributed by atoms with Gasteiger partial charge in [0.2, 0.25) is 15.9 Å². The number of sulfonamides is 1. The van der Waals surface area contributed by atoms with Crippen LogP contribution in [0.3, 0.4) is 0 Å². The molecule has 0 spiro atoms. The SMILES string of the molecule is CC(=O)NCCCNS(=O)(=O)c1ccc(C(C)C)cc1. The first-order valence-corrected chi connectivity index (χ1v) is 8.15. The van der Waals surface area contributed by atoms with E-state index in [0.717, 1.165) is 5.56 Å². The summed E-state index contributed by atoms with van der Waals surface area (Å²) in [6, 6.07) is 6.89. The highest BCUT2D eigenvalue weighted by Crippen LogP contribution is 2.17. The molecule has 2 N–H and O–H groups in total. The predicted molar refractivity (Wildman–Crippen MR) is 79.0 cm³/mol. The number of hydrogen-bond donors (Lipinski definition) is 2. The van der Waals surface area contributed by atoms with Crippen molar-refractivity contribution >= 4 is 15.9 Å². The van der Waals surface area contributed by atoms with Crippen molar-refractivity contribution in [1.29, 1.82) is 0 Å². The monoisotopic (exact) mass is 298 g/mol. The quantitative estimate of drug-likeness (QED) is 0.751. The molecule has 0 aliphatic rings. The summed E-state index contributed by atoms with van der Waals surface area (Å²) in [4.78, 5) is 10.9. The predicted octanol–water partition coefficient (Wildman–Crippen LogP) is 1.61. The number of rotatable bonds is 7. The van der Waals surface area contributed by atoms with Gasteiger partial charge in [-0.15, -0.1) is 0 Å². The molecule has 0 saturated heterocycles. The van der Waals surface area contributed by atoms with Gasteiger partial charge < -0.3 is 5.32 Å². The number of amides is 1. The van der Waals surface area contributed by atoms with Gasteiger partial charge in [0.05, 0.1) is 4.90 Å². The Hall–Kier alpha value is -1.40. The lowest BCUT2D eigenvalue weighted by molar-refractivity contribution is -0.118. The first-order valence-electron chi connectivity index (χ1n) is 6.67. The maximum atomic E-state index is 12.0. The van der Waals surface area contributed by atoms with Crippen molar-refractivity contribution in [3.63, 3.8) is 0 Å². The van der Waals surface area contributed by atoms with Gasteiger partial charge in [-0.2, -0.15) is 0 Å². The molecule has 0 fully saturated rings. The van der Waals surface area contributed by atoms with Crippen LogP contribution in [-0.4, -0.2) is 27.4 Å². The number of benzene rings is 1. The van der Waals surface area contributed by atoms with Gasteiger partial charge in [-0.3, -0.25) is 4.79 Å². The van der Waals surface area contributed by atoms with Gasteiger partial charge >= 0.3 is 0 Å². The van der Waals surface area contributed by atoms with E-state index in [1.54, 1.807) is 12.1 Å². The fourth-order valence-electron chi connectivity index (χ4n) is 1.67. The molecule has 1 amide bonds. The number of nitrogens with one attached hydrogen (secondary N) is 2. The van der Waals surface area contributed by atoms with E-state index in [-0.39, 0.29) is 10.8 Å². The third kappa shape index (κ3) is 5.30.